The smallest absolute Gasteiger partial charge is 0.247 e. The second kappa shape index (κ2) is 7.28. The fourth-order valence-electron chi connectivity index (χ4n) is 3.68. The van der Waals surface area contributed by atoms with Crippen molar-refractivity contribution in [2.45, 2.75) is 18.2 Å². The number of nitrogens with zero attached hydrogens (tertiary/aromatic N) is 1. The Labute approximate surface area is 169 Å². The maximum atomic E-state index is 13.1. The Bertz CT molecular complexity index is 1180. The minimum absolute atomic E-state index is 0.0991. The number of aromatic nitrogens is 1. The van der Waals surface area contributed by atoms with Gasteiger partial charge in [-0.3, -0.25) is 0 Å². The maximum Gasteiger partial charge on any atom is 0.247 e. The molecule has 1 aromatic heterocycles. The number of para-hydroxylation sites is 1. The molecule has 0 fully saturated rings. The van der Waals surface area contributed by atoms with E-state index < -0.39 is 10.0 Å². The first-order chi connectivity index (χ1) is 13.4. The molecule has 0 amide bonds. The second-order valence-corrected chi connectivity index (χ2v) is 9.18. The minimum atomic E-state index is -3.70. The molecule has 0 bridgehead atoms. The maximum absolute atomic E-state index is 13.1. The van der Waals surface area contributed by atoms with Crippen LogP contribution in [0.5, 0.6) is 5.75 Å². The van der Waals surface area contributed by atoms with Gasteiger partial charge in [-0.05, 0) is 42.7 Å². The van der Waals surface area contributed by atoms with Crippen LogP contribution in [0.1, 0.15) is 17.5 Å². The minimum Gasteiger partial charge on any atom is -0.495 e. The van der Waals surface area contributed by atoms with Gasteiger partial charge in [-0.15, -0.1) is 0 Å². The van der Waals surface area contributed by atoms with Gasteiger partial charge in [0, 0.05) is 40.8 Å². The molecule has 7 heteroatoms. The summed E-state index contributed by atoms with van der Waals surface area (Å²) in [5.74, 6) is 0.297. The van der Waals surface area contributed by atoms with E-state index in [1.807, 2.05) is 18.3 Å². The van der Waals surface area contributed by atoms with Crippen molar-refractivity contribution >= 4 is 38.1 Å². The molecule has 0 unspecified atom stereocenters. The number of halogens is 1. The number of methoxy groups -OCH3 is 1. The van der Waals surface area contributed by atoms with Gasteiger partial charge in [0.1, 0.15) is 10.6 Å². The van der Waals surface area contributed by atoms with Crippen LogP contribution < -0.4 is 4.74 Å². The fourth-order valence-corrected chi connectivity index (χ4v) is 5.48. The van der Waals surface area contributed by atoms with Crippen molar-refractivity contribution in [2.24, 2.45) is 0 Å². The quantitative estimate of drug-likeness (QED) is 0.675. The summed E-state index contributed by atoms with van der Waals surface area (Å²) >= 11 is 6.02. The molecule has 2 aromatic carbocycles. The van der Waals surface area contributed by atoms with E-state index in [1.54, 1.807) is 12.1 Å². The third-order valence-corrected chi connectivity index (χ3v) is 7.31. The Morgan fingerprint density at radius 3 is 2.75 bits per heavy atom. The van der Waals surface area contributed by atoms with Gasteiger partial charge in [0.2, 0.25) is 10.0 Å². The monoisotopic (exact) mass is 416 g/mol. The number of ether oxygens (including phenoxy) is 1. The molecule has 0 atom stereocenters. The predicted octanol–water partition coefficient (Wildman–Crippen LogP) is 4.62. The zero-order chi connectivity index (χ0) is 19.9. The molecule has 0 aliphatic carbocycles. The summed E-state index contributed by atoms with van der Waals surface area (Å²) in [6.07, 6.45) is 4.64. The molecule has 28 heavy (non-hydrogen) atoms. The number of nitrogens with one attached hydrogen (secondary N) is 1. The van der Waals surface area contributed by atoms with E-state index in [0.29, 0.717) is 30.3 Å². The van der Waals surface area contributed by atoms with Crippen LogP contribution >= 0.6 is 11.6 Å². The largest absolute Gasteiger partial charge is 0.495 e. The Morgan fingerprint density at radius 2 is 2.04 bits per heavy atom. The lowest BCUT2D eigenvalue weighted by molar-refractivity contribution is 0.395. The Balaban J connectivity index is 1.65. The van der Waals surface area contributed by atoms with Gasteiger partial charge in [0.15, 0.2) is 0 Å². The average Bonchev–Trinajstić information content (AvgIpc) is 3.13. The van der Waals surface area contributed by atoms with E-state index in [1.165, 1.54) is 28.4 Å². The highest BCUT2D eigenvalue weighted by atomic mass is 35.5. The Hall–Kier alpha value is -2.28. The third-order valence-electron chi connectivity index (χ3n) is 5.19. The second-order valence-electron chi connectivity index (χ2n) is 6.84. The Morgan fingerprint density at radius 1 is 1.21 bits per heavy atom. The summed E-state index contributed by atoms with van der Waals surface area (Å²) in [7, 11) is -2.24. The average molecular weight is 417 g/mol. The number of rotatable bonds is 4. The van der Waals surface area contributed by atoms with Gasteiger partial charge >= 0.3 is 0 Å². The highest BCUT2D eigenvalue weighted by molar-refractivity contribution is 7.89. The van der Waals surface area contributed by atoms with Crippen LogP contribution in [-0.2, 0) is 10.0 Å². The fraction of sp³-hybridized carbons (Fsp3) is 0.238. The number of sulfonamides is 1. The summed E-state index contributed by atoms with van der Waals surface area (Å²) in [6.45, 7) is 2.79. The van der Waals surface area contributed by atoms with Gasteiger partial charge < -0.3 is 9.72 Å². The van der Waals surface area contributed by atoms with Gasteiger partial charge in [-0.2, -0.15) is 4.31 Å². The molecule has 1 aliphatic heterocycles. The van der Waals surface area contributed by atoms with Crippen molar-refractivity contribution in [3.05, 3.63) is 64.8 Å². The van der Waals surface area contributed by atoms with Crippen molar-refractivity contribution in [1.82, 2.24) is 9.29 Å². The van der Waals surface area contributed by atoms with Gasteiger partial charge in [0.05, 0.1) is 7.11 Å². The highest BCUT2D eigenvalue weighted by Crippen LogP contribution is 2.34. The van der Waals surface area contributed by atoms with E-state index in [4.69, 9.17) is 16.3 Å². The van der Waals surface area contributed by atoms with Gasteiger partial charge in [-0.1, -0.05) is 35.9 Å². The van der Waals surface area contributed by atoms with Crippen molar-refractivity contribution < 1.29 is 13.2 Å². The lowest BCUT2D eigenvalue weighted by Crippen LogP contribution is -2.34. The summed E-state index contributed by atoms with van der Waals surface area (Å²) in [4.78, 5) is 3.44. The van der Waals surface area contributed by atoms with Crippen molar-refractivity contribution in [1.29, 1.82) is 0 Å². The van der Waals surface area contributed by atoms with Crippen LogP contribution in [0.3, 0.4) is 0 Å². The van der Waals surface area contributed by atoms with E-state index >= 15 is 0 Å². The molecule has 0 saturated heterocycles. The molecule has 2 heterocycles. The number of hydrogen-bond acceptors (Lipinski definition) is 3. The van der Waals surface area contributed by atoms with Crippen LogP contribution in [0.25, 0.3) is 16.5 Å². The summed E-state index contributed by atoms with van der Waals surface area (Å²) in [5, 5.41) is 1.53. The van der Waals surface area contributed by atoms with Crippen LogP contribution in [0.2, 0.25) is 5.02 Å². The number of fused-ring (bicyclic) bond motifs is 1. The summed E-state index contributed by atoms with van der Waals surface area (Å²) in [5.41, 5.74) is 4.60. The van der Waals surface area contributed by atoms with Gasteiger partial charge in [-0.25, -0.2) is 8.42 Å². The van der Waals surface area contributed by atoms with E-state index in [-0.39, 0.29) is 4.90 Å². The summed E-state index contributed by atoms with van der Waals surface area (Å²) in [6, 6.07) is 10.8. The number of aryl methyl sites for hydroxylation is 1. The third kappa shape index (κ3) is 3.21. The van der Waals surface area contributed by atoms with Crippen molar-refractivity contribution in [2.75, 3.05) is 20.2 Å². The molecule has 1 aliphatic rings. The number of hydrogen-bond donors (Lipinski definition) is 1. The first kappa shape index (κ1) is 19.1. The molecular weight excluding hydrogens is 396 g/mol. The van der Waals surface area contributed by atoms with Crippen molar-refractivity contribution in [3.8, 4) is 5.75 Å². The number of aromatic amines is 1. The Kier molecular flexibility index (Phi) is 4.95. The predicted molar refractivity (Wildman–Crippen MR) is 112 cm³/mol. The molecule has 0 saturated carbocycles. The van der Waals surface area contributed by atoms with Crippen LogP contribution in [-0.4, -0.2) is 37.9 Å². The first-order valence-corrected chi connectivity index (χ1v) is 10.8. The molecule has 146 valence electrons. The number of benzene rings is 2. The van der Waals surface area contributed by atoms with E-state index in [9.17, 15) is 8.42 Å². The van der Waals surface area contributed by atoms with Crippen LogP contribution in [0, 0.1) is 6.92 Å². The lowest BCUT2D eigenvalue weighted by Gasteiger charge is -2.26. The van der Waals surface area contributed by atoms with Crippen LogP contribution in [0.15, 0.2) is 53.6 Å². The highest BCUT2D eigenvalue weighted by Gasteiger charge is 2.29. The molecule has 0 radical (unpaired) electrons. The first-order valence-electron chi connectivity index (χ1n) is 9.01. The zero-order valence-electron chi connectivity index (χ0n) is 15.7. The van der Waals surface area contributed by atoms with Crippen LogP contribution in [0.4, 0.5) is 0 Å². The topological polar surface area (TPSA) is 62.4 Å². The summed E-state index contributed by atoms with van der Waals surface area (Å²) < 4.78 is 32.9. The number of H-pyrrole nitrogens is 1. The standard InChI is InChI=1S/C21H21ClN2O3S/c1-14-4-3-5-17-18(13-23-21(14)17)15-8-10-24(11-9-15)28(25,26)20-12-16(22)6-7-19(20)27-2/h3-8,12-13,23H,9-11H2,1-2H3. The molecule has 1 N–H and O–H groups in total. The molecule has 3 aromatic rings. The van der Waals surface area contributed by atoms with E-state index in [2.05, 4.69) is 24.0 Å². The molecule has 0 spiro atoms. The van der Waals surface area contributed by atoms with Crippen molar-refractivity contribution in [3.63, 3.8) is 0 Å². The molecule has 4 rings (SSSR count). The SMILES string of the molecule is COc1ccc(Cl)cc1S(=O)(=O)N1CC=C(c2c[nH]c3c(C)cccc23)CC1. The molecular formula is C21H21ClN2O3S. The van der Waals surface area contributed by atoms with Gasteiger partial charge in [0.25, 0.3) is 0 Å². The molecule has 5 nitrogen and oxygen atoms in total. The lowest BCUT2D eigenvalue weighted by atomic mass is 9.99. The zero-order valence-corrected chi connectivity index (χ0v) is 17.3. The normalized spacial score (nSPS) is 15.6. The van der Waals surface area contributed by atoms with E-state index in [0.717, 1.165) is 16.7 Å².